The van der Waals surface area contributed by atoms with E-state index in [1.165, 1.54) is 7.11 Å². The third-order valence-corrected chi connectivity index (χ3v) is 2.36. The SMILES string of the molecule is CCOC(C)CNCC(Br)C(=O)OC. The van der Waals surface area contributed by atoms with E-state index in [-0.39, 0.29) is 16.9 Å². The zero-order valence-corrected chi connectivity index (χ0v) is 10.5. The minimum absolute atomic E-state index is 0.164. The molecule has 2 unspecified atom stereocenters. The molecule has 4 nitrogen and oxygen atoms in total. The number of hydrogen-bond acceptors (Lipinski definition) is 4. The summed E-state index contributed by atoms with van der Waals surface area (Å²) in [6.45, 7) is 5.92. The van der Waals surface area contributed by atoms with Crippen molar-refractivity contribution in [2.45, 2.75) is 24.8 Å². The number of rotatable bonds is 7. The number of ether oxygens (including phenoxy) is 2. The number of halogens is 1. The predicted octanol–water partition coefficient (Wildman–Crippen LogP) is 0.937. The first-order valence-electron chi connectivity index (χ1n) is 4.66. The van der Waals surface area contributed by atoms with Crippen LogP contribution in [0, 0.1) is 0 Å². The molecule has 0 rings (SSSR count). The van der Waals surface area contributed by atoms with Gasteiger partial charge in [0.05, 0.1) is 13.2 Å². The Balaban J connectivity index is 3.48. The lowest BCUT2D eigenvalue weighted by molar-refractivity contribution is -0.139. The maximum absolute atomic E-state index is 11.0. The third-order valence-electron chi connectivity index (χ3n) is 1.66. The number of methoxy groups -OCH3 is 1. The van der Waals surface area contributed by atoms with Crippen molar-refractivity contribution < 1.29 is 14.3 Å². The van der Waals surface area contributed by atoms with E-state index in [0.717, 1.165) is 6.54 Å². The lowest BCUT2D eigenvalue weighted by Gasteiger charge is -2.13. The summed E-state index contributed by atoms with van der Waals surface area (Å²) in [6.07, 6.45) is 0.164. The number of alkyl halides is 1. The number of esters is 1. The van der Waals surface area contributed by atoms with Crippen molar-refractivity contribution in [2.75, 3.05) is 26.8 Å². The second-order valence-corrected chi connectivity index (χ2v) is 4.02. The molecule has 0 amide bonds. The van der Waals surface area contributed by atoms with Crippen LogP contribution in [-0.2, 0) is 14.3 Å². The van der Waals surface area contributed by atoms with Crippen LogP contribution in [0.3, 0.4) is 0 Å². The Hall–Kier alpha value is -0.130. The highest BCUT2D eigenvalue weighted by atomic mass is 79.9. The molecule has 0 fully saturated rings. The van der Waals surface area contributed by atoms with Crippen molar-refractivity contribution in [3.63, 3.8) is 0 Å². The van der Waals surface area contributed by atoms with Gasteiger partial charge in [-0.25, -0.2) is 0 Å². The number of hydrogen-bond donors (Lipinski definition) is 1. The first-order chi connectivity index (χ1) is 6.61. The van der Waals surface area contributed by atoms with E-state index in [4.69, 9.17) is 4.74 Å². The van der Waals surface area contributed by atoms with Gasteiger partial charge in [-0.05, 0) is 13.8 Å². The molecular formula is C9H18BrNO3. The molecule has 0 radical (unpaired) electrons. The van der Waals surface area contributed by atoms with Crippen molar-refractivity contribution >= 4 is 21.9 Å². The molecule has 0 aliphatic carbocycles. The van der Waals surface area contributed by atoms with Crippen molar-refractivity contribution in [1.29, 1.82) is 0 Å². The van der Waals surface area contributed by atoms with E-state index in [9.17, 15) is 4.79 Å². The molecule has 0 heterocycles. The Kier molecular flexibility index (Phi) is 8.12. The van der Waals surface area contributed by atoms with Gasteiger partial charge >= 0.3 is 5.97 Å². The summed E-state index contributed by atoms with van der Waals surface area (Å²) in [4.78, 5) is 10.7. The zero-order chi connectivity index (χ0) is 11.0. The lowest BCUT2D eigenvalue weighted by Crippen LogP contribution is -2.34. The van der Waals surface area contributed by atoms with Crippen molar-refractivity contribution in [1.82, 2.24) is 5.32 Å². The highest BCUT2D eigenvalue weighted by molar-refractivity contribution is 9.10. The van der Waals surface area contributed by atoms with E-state index < -0.39 is 0 Å². The zero-order valence-electron chi connectivity index (χ0n) is 8.88. The van der Waals surface area contributed by atoms with Crippen LogP contribution in [-0.4, -0.2) is 43.7 Å². The molecule has 1 N–H and O–H groups in total. The number of nitrogens with one attached hydrogen (secondary N) is 1. The Labute approximate surface area is 93.5 Å². The van der Waals surface area contributed by atoms with Crippen LogP contribution in [0.4, 0.5) is 0 Å². The predicted molar refractivity (Wildman–Crippen MR) is 58.7 cm³/mol. The Morgan fingerprint density at radius 3 is 2.64 bits per heavy atom. The molecule has 0 bridgehead atoms. The average molecular weight is 268 g/mol. The lowest BCUT2D eigenvalue weighted by atomic mass is 10.3. The van der Waals surface area contributed by atoms with Crippen LogP contribution in [0.5, 0.6) is 0 Å². The molecule has 84 valence electrons. The first-order valence-corrected chi connectivity index (χ1v) is 5.57. The normalized spacial score (nSPS) is 14.9. The fourth-order valence-corrected chi connectivity index (χ4v) is 1.38. The highest BCUT2D eigenvalue weighted by Crippen LogP contribution is 1.99. The van der Waals surface area contributed by atoms with Gasteiger partial charge in [-0.15, -0.1) is 0 Å². The molecular weight excluding hydrogens is 250 g/mol. The molecule has 0 aromatic carbocycles. The van der Waals surface area contributed by atoms with Crippen LogP contribution >= 0.6 is 15.9 Å². The van der Waals surface area contributed by atoms with Crippen molar-refractivity contribution in [3.05, 3.63) is 0 Å². The van der Waals surface area contributed by atoms with Gasteiger partial charge in [0.15, 0.2) is 0 Å². The van der Waals surface area contributed by atoms with Crippen LogP contribution in [0.2, 0.25) is 0 Å². The molecule has 0 aliphatic heterocycles. The molecule has 0 spiro atoms. The number of carbonyl (C=O) groups excluding carboxylic acids is 1. The quantitative estimate of drug-likeness (QED) is 0.551. The summed E-state index contributed by atoms with van der Waals surface area (Å²) >= 11 is 3.21. The van der Waals surface area contributed by atoms with Gasteiger partial charge in [-0.1, -0.05) is 15.9 Å². The third kappa shape index (κ3) is 6.34. The summed E-state index contributed by atoms with van der Waals surface area (Å²) in [5.41, 5.74) is 0. The number of carbonyl (C=O) groups is 1. The largest absolute Gasteiger partial charge is 0.468 e. The average Bonchev–Trinajstić information content (AvgIpc) is 2.16. The fourth-order valence-electron chi connectivity index (χ4n) is 0.968. The monoisotopic (exact) mass is 267 g/mol. The smallest absolute Gasteiger partial charge is 0.320 e. The van der Waals surface area contributed by atoms with E-state index >= 15 is 0 Å². The van der Waals surface area contributed by atoms with Gasteiger partial charge in [-0.3, -0.25) is 4.79 Å². The Morgan fingerprint density at radius 1 is 1.50 bits per heavy atom. The van der Waals surface area contributed by atoms with Crippen LogP contribution in [0.1, 0.15) is 13.8 Å². The minimum atomic E-state index is -0.290. The molecule has 0 aromatic rings. The van der Waals surface area contributed by atoms with Gasteiger partial charge < -0.3 is 14.8 Å². The molecule has 0 saturated heterocycles. The summed E-state index contributed by atoms with van der Waals surface area (Å²) in [6, 6.07) is 0. The van der Waals surface area contributed by atoms with Crippen molar-refractivity contribution in [3.8, 4) is 0 Å². The van der Waals surface area contributed by atoms with Crippen LogP contribution < -0.4 is 5.32 Å². The van der Waals surface area contributed by atoms with Gasteiger partial charge in [0.2, 0.25) is 0 Å². The molecule has 2 atom stereocenters. The standard InChI is InChI=1S/C9H18BrNO3/c1-4-14-7(2)5-11-6-8(10)9(12)13-3/h7-8,11H,4-6H2,1-3H3. The topological polar surface area (TPSA) is 47.6 Å². The van der Waals surface area contributed by atoms with Crippen LogP contribution in [0.15, 0.2) is 0 Å². The van der Waals surface area contributed by atoms with Gasteiger partial charge in [0.1, 0.15) is 4.83 Å². The Bertz CT molecular complexity index is 166. The Morgan fingerprint density at radius 2 is 2.14 bits per heavy atom. The van der Waals surface area contributed by atoms with E-state index in [0.29, 0.717) is 13.2 Å². The second kappa shape index (κ2) is 8.20. The summed E-state index contributed by atoms with van der Waals surface area (Å²) < 4.78 is 9.88. The second-order valence-electron chi connectivity index (χ2n) is 2.91. The molecule has 0 aromatic heterocycles. The van der Waals surface area contributed by atoms with Gasteiger partial charge in [0.25, 0.3) is 0 Å². The van der Waals surface area contributed by atoms with Gasteiger partial charge in [-0.2, -0.15) is 0 Å². The highest BCUT2D eigenvalue weighted by Gasteiger charge is 2.14. The minimum Gasteiger partial charge on any atom is -0.468 e. The summed E-state index contributed by atoms with van der Waals surface area (Å²) in [5.74, 6) is -0.262. The first kappa shape index (κ1) is 13.9. The summed E-state index contributed by atoms with van der Waals surface area (Å²) in [7, 11) is 1.37. The maximum atomic E-state index is 11.0. The molecule has 14 heavy (non-hydrogen) atoms. The van der Waals surface area contributed by atoms with E-state index in [1.807, 2.05) is 13.8 Å². The van der Waals surface area contributed by atoms with Crippen molar-refractivity contribution in [2.24, 2.45) is 0 Å². The fraction of sp³-hybridized carbons (Fsp3) is 0.889. The molecule has 5 heteroatoms. The van der Waals surface area contributed by atoms with Gasteiger partial charge in [0, 0.05) is 19.7 Å². The van der Waals surface area contributed by atoms with Crippen LogP contribution in [0.25, 0.3) is 0 Å². The van der Waals surface area contributed by atoms with E-state index in [2.05, 4.69) is 26.0 Å². The maximum Gasteiger partial charge on any atom is 0.320 e. The molecule has 0 saturated carbocycles. The molecule has 0 aliphatic rings. The van der Waals surface area contributed by atoms with E-state index in [1.54, 1.807) is 0 Å². The summed E-state index contributed by atoms with van der Waals surface area (Å²) in [5, 5.41) is 3.11.